The number of amides is 1. The lowest BCUT2D eigenvalue weighted by atomic mass is 10.1. The van der Waals surface area contributed by atoms with Crippen molar-refractivity contribution in [1.29, 1.82) is 0 Å². The highest BCUT2D eigenvalue weighted by molar-refractivity contribution is 5.90. The van der Waals surface area contributed by atoms with Gasteiger partial charge >= 0.3 is 0 Å². The van der Waals surface area contributed by atoms with Gasteiger partial charge in [-0.1, -0.05) is 0 Å². The first-order valence-electron chi connectivity index (χ1n) is 6.67. The van der Waals surface area contributed by atoms with Crippen molar-refractivity contribution in [3.8, 4) is 17.1 Å². The molecule has 112 valence electrons. The largest absolute Gasteiger partial charge is 0.480 e. The summed E-state index contributed by atoms with van der Waals surface area (Å²) in [6, 6.07) is 3.82. The van der Waals surface area contributed by atoms with E-state index in [1.165, 1.54) is 6.33 Å². The van der Waals surface area contributed by atoms with Crippen molar-refractivity contribution in [2.45, 2.75) is 6.92 Å². The van der Waals surface area contributed by atoms with Crippen molar-refractivity contribution in [1.82, 2.24) is 19.5 Å². The Labute approximate surface area is 127 Å². The fourth-order valence-electron chi connectivity index (χ4n) is 2.51. The van der Waals surface area contributed by atoms with Crippen molar-refractivity contribution in [3.63, 3.8) is 0 Å². The Bertz CT molecular complexity index is 857. The van der Waals surface area contributed by atoms with Gasteiger partial charge < -0.3 is 14.6 Å². The van der Waals surface area contributed by atoms with Crippen molar-refractivity contribution < 1.29 is 9.53 Å². The summed E-state index contributed by atoms with van der Waals surface area (Å²) in [4.78, 5) is 23.2. The molecule has 3 aromatic rings. The van der Waals surface area contributed by atoms with E-state index in [4.69, 9.17) is 4.74 Å². The lowest BCUT2D eigenvalue weighted by Gasteiger charge is -2.10. The van der Waals surface area contributed by atoms with Gasteiger partial charge in [-0.3, -0.25) is 4.79 Å². The van der Waals surface area contributed by atoms with Gasteiger partial charge in [-0.05, 0) is 19.1 Å². The molecule has 1 N–H and O–H groups in total. The molecule has 0 aliphatic rings. The molecule has 3 rings (SSSR count). The van der Waals surface area contributed by atoms with Crippen LogP contribution in [0.4, 0.5) is 5.82 Å². The molecule has 7 heteroatoms. The Morgan fingerprint density at radius 3 is 2.82 bits per heavy atom. The number of anilines is 1. The number of rotatable bonds is 4. The van der Waals surface area contributed by atoms with E-state index in [1.54, 1.807) is 13.3 Å². The molecule has 0 aliphatic heterocycles. The second-order valence-electron chi connectivity index (χ2n) is 4.82. The van der Waals surface area contributed by atoms with E-state index < -0.39 is 0 Å². The van der Waals surface area contributed by atoms with Gasteiger partial charge in [0, 0.05) is 12.4 Å². The average molecular weight is 297 g/mol. The second-order valence-corrected chi connectivity index (χ2v) is 4.82. The number of carbonyl (C=O) groups excluding carboxylic acids is 1. The van der Waals surface area contributed by atoms with Crippen LogP contribution in [0.1, 0.15) is 5.69 Å². The lowest BCUT2D eigenvalue weighted by Crippen LogP contribution is -2.00. The van der Waals surface area contributed by atoms with Crippen LogP contribution in [0, 0.1) is 6.92 Å². The third kappa shape index (κ3) is 2.16. The first kappa shape index (κ1) is 14.0. The first-order chi connectivity index (χ1) is 10.7. The molecule has 0 fully saturated rings. The van der Waals surface area contributed by atoms with Crippen LogP contribution in [0.2, 0.25) is 0 Å². The number of aryl methyl sites for hydroxylation is 2. The maximum absolute atomic E-state index is 10.5. The van der Waals surface area contributed by atoms with Gasteiger partial charge in [-0.2, -0.15) is 0 Å². The first-order valence-corrected chi connectivity index (χ1v) is 6.67. The summed E-state index contributed by atoms with van der Waals surface area (Å²) in [5, 5.41) is 3.51. The zero-order valence-corrected chi connectivity index (χ0v) is 12.5. The number of nitrogens with zero attached hydrogens (tertiary/aromatic N) is 4. The molecule has 0 radical (unpaired) electrons. The third-order valence-electron chi connectivity index (χ3n) is 3.59. The summed E-state index contributed by atoms with van der Waals surface area (Å²) in [5.74, 6) is 1.03. The fraction of sp³-hybridized carbons (Fsp3) is 0.200. The Hall–Kier alpha value is -2.96. The van der Waals surface area contributed by atoms with E-state index in [1.807, 2.05) is 30.7 Å². The Kier molecular flexibility index (Phi) is 3.46. The van der Waals surface area contributed by atoms with E-state index in [0.717, 1.165) is 27.9 Å². The third-order valence-corrected chi connectivity index (χ3v) is 3.59. The van der Waals surface area contributed by atoms with Crippen molar-refractivity contribution in [3.05, 3.63) is 30.4 Å². The summed E-state index contributed by atoms with van der Waals surface area (Å²) < 4.78 is 7.36. The summed E-state index contributed by atoms with van der Waals surface area (Å²) >= 11 is 0. The molecule has 7 nitrogen and oxygen atoms in total. The summed E-state index contributed by atoms with van der Waals surface area (Å²) in [6.45, 7) is 1.91. The number of carbonyl (C=O) groups is 1. The molecule has 22 heavy (non-hydrogen) atoms. The van der Waals surface area contributed by atoms with E-state index >= 15 is 0 Å². The quantitative estimate of drug-likeness (QED) is 0.744. The van der Waals surface area contributed by atoms with E-state index in [2.05, 4.69) is 20.3 Å². The van der Waals surface area contributed by atoms with Crippen LogP contribution in [-0.2, 0) is 11.8 Å². The maximum atomic E-state index is 10.5. The average Bonchev–Trinajstić information content (AvgIpc) is 2.83. The lowest BCUT2D eigenvalue weighted by molar-refractivity contribution is -0.105. The molecule has 0 unspecified atom stereocenters. The summed E-state index contributed by atoms with van der Waals surface area (Å²) in [5.41, 5.74) is 3.54. The monoisotopic (exact) mass is 297 g/mol. The number of hydrogen-bond acceptors (Lipinski definition) is 5. The molecule has 0 saturated carbocycles. The van der Waals surface area contributed by atoms with Gasteiger partial charge in [0.1, 0.15) is 12.1 Å². The second kappa shape index (κ2) is 5.44. The minimum atomic E-state index is 0.507. The number of pyridine rings is 1. The highest BCUT2D eigenvalue weighted by Crippen LogP contribution is 2.34. The van der Waals surface area contributed by atoms with Crippen LogP contribution in [0.3, 0.4) is 0 Å². The van der Waals surface area contributed by atoms with Crippen LogP contribution in [-0.4, -0.2) is 33.0 Å². The zero-order valence-electron chi connectivity index (χ0n) is 12.5. The van der Waals surface area contributed by atoms with Crippen LogP contribution >= 0.6 is 0 Å². The summed E-state index contributed by atoms with van der Waals surface area (Å²) in [6.07, 6.45) is 3.81. The molecule has 0 atom stereocenters. The number of fused-ring (bicyclic) bond motifs is 1. The molecule has 0 aliphatic carbocycles. The predicted octanol–water partition coefficient (Wildman–Crippen LogP) is 1.92. The number of nitrogens with one attached hydrogen (secondary N) is 1. The highest BCUT2D eigenvalue weighted by atomic mass is 16.5. The number of hydrogen-bond donors (Lipinski definition) is 1. The van der Waals surface area contributed by atoms with Crippen LogP contribution in [0.5, 0.6) is 5.88 Å². The van der Waals surface area contributed by atoms with Gasteiger partial charge in [0.15, 0.2) is 0 Å². The van der Waals surface area contributed by atoms with Crippen molar-refractivity contribution >= 4 is 23.1 Å². The van der Waals surface area contributed by atoms with Gasteiger partial charge in [0.25, 0.3) is 0 Å². The normalized spacial score (nSPS) is 10.7. The predicted molar refractivity (Wildman–Crippen MR) is 82.7 cm³/mol. The molecule has 3 heterocycles. The minimum absolute atomic E-state index is 0.507. The minimum Gasteiger partial charge on any atom is -0.480 e. The molecule has 0 spiro atoms. The molecule has 3 aromatic heterocycles. The summed E-state index contributed by atoms with van der Waals surface area (Å²) in [7, 11) is 3.53. The zero-order chi connectivity index (χ0) is 15.7. The van der Waals surface area contributed by atoms with Crippen LogP contribution in [0.25, 0.3) is 22.2 Å². The maximum Gasteiger partial charge on any atom is 0.225 e. The van der Waals surface area contributed by atoms with Gasteiger partial charge in [0.05, 0.1) is 35.8 Å². The highest BCUT2D eigenvalue weighted by Gasteiger charge is 2.17. The number of ether oxygens (including phenoxy) is 1. The van der Waals surface area contributed by atoms with E-state index in [9.17, 15) is 4.79 Å². The van der Waals surface area contributed by atoms with Crippen LogP contribution < -0.4 is 10.1 Å². The Morgan fingerprint density at radius 2 is 2.09 bits per heavy atom. The molecule has 1 amide bonds. The van der Waals surface area contributed by atoms with E-state index in [0.29, 0.717) is 18.1 Å². The van der Waals surface area contributed by atoms with Gasteiger partial charge in [-0.15, -0.1) is 0 Å². The molecule has 0 saturated heterocycles. The fourth-order valence-corrected chi connectivity index (χ4v) is 2.51. The van der Waals surface area contributed by atoms with Crippen molar-refractivity contribution in [2.24, 2.45) is 7.05 Å². The SMILES string of the molecule is COc1ncnc(C)c1-c1cc2cc(NC=O)ncc2n1C. The molecule has 0 bridgehead atoms. The molecular weight excluding hydrogens is 282 g/mol. The molecular formula is C15H15N5O2. The Morgan fingerprint density at radius 1 is 1.27 bits per heavy atom. The number of aromatic nitrogens is 4. The van der Waals surface area contributed by atoms with Crippen molar-refractivity contribution in [2.75, 3.05) is 12.4 Å². The van der Waals surface area contributed by atoms with Gasteiger partial charge in [-0.25, -0.2) is 15.0 Å². The molecule has 0 aromatic carbocycles. The topological polar surface area (TPSA) is 81.9 Å². The standard InChI is InChI=1S/C15H15N5O2/c1-9-14(15(22-3)18-7-17-9)11-4-10-5-13(19-8-21)16-6-12(10)20(11)2/h4-8H,1-3H3,(H,16,19,21). The van der Waals surface area contributed by atoms with Crippen LogP contribution in [0.15, 0.2) is 24.7 Å². The van der Waals surface area contributed by atoms with Gasteiger partial charge in [0.2, 0.25) is 12.3 Å². The number of methoxy groups -OCH3 is 1. The Balaban J connectivity index is 2.24. The van der Waals surface area contributed by atoms with E-state index in [-0.39, 0.29) is 0 Å². The smallest absolute Gasteiger partial charge is 0.225 e.